The molecule has 2 heteroatoms. The van der Waals surface area contributed by atoms with Gasteiger partial charge in [-0.2, -0.15) is 0 Å². The van der Waals surface area contributed by atoms with Gasteiger partial charge in [0.1, 0.15) is 0 Å². The maximum absolute atomic E-state index is 6.18. The van der Waals surface area contributed by atoms with E-state index in [9.17, 15) is 0 Å². The first-order valence-corrected chi connectivity index (χ1v) is 8.61. The Morgan fingerprint density at radius 1 is 1.20 bits per heavy atom. The minimum absolute atomic E-state index is 0.478. The lowest BCUT2D eigenvalue weighted by Gasteiger charge is -2.34. The Morgan fingerprint density at radius 2 is 1.95 bits per heavy atom. The second-order valence-electron chi connectivity index (χ2n) is 6.18. The summed E-state index contributed by atoms with van der Waals surface area (Å²) in [5.41, 5.74) is 1.37. The fraction of sp³-hybridized carbons (Fsp3) is 0.667. The molecule has 1 fully saturated rings. The highest BCUT2D eigenvalue weighted by molar-refractivity contribution is 6.30. The van der Waals surface area contributed by atoms with Gasteiger partial charge in [-0.3, -0.25) is 0 Å². The highest BCUT2D eigenvalue weighted by atomic mass is 35.5. The molecule has 1 aliphatic rings. The molecule has 0 aromatic heterocycles. The van der Waals surface area contributed by atoms with Crippen molar-refractivity contribution >= 4 is 11.6 Å². The van der Waals surface area contributed by atoms with Gasteiger partial charge in [0.05, 0.1) is 0 Å². The summed E-state index contributed by atoms with van der Waals surface area (Å²) < 4.78 is 0. The summed E-state index contributed by atoms with van der Waals surface area (Å²) in [5.74, 6) is 1.72. The fourth-order valence-corrected chi connectivity index (χ4v) is 3.69. The Hall–Kier alpha value is -0.530. The summed E-state index contributed by atoms with van der Waals surface area (Å²) in [6, 6.07) is 8.89. The van der Waals surface area contributed by atoms with Crippen molar-refractivity contribution in [1.29, 1.82) is 0 Å². The van der Waals surface area contributed by atoms with E-state index >= 15 is 0 Å². The molecular formula is C18H28ClN. The van der Waals surface area contributed by atoms with Gasteiger partial charge in [-0.1, -0.05) is 56.8 Å². The molecule has 0 aliphatic heterocycles. The molecule has 1 N–H and O–H groups in total. The van der Waals surface area contributed by atoms with Crippen LogP contribution in [-0.4, -0.2) is 6.54 Å². The first kappa shape index (κ1) is 15.9. The van der Waals surface area contributed by atoms with Crippen LogP contribution in [0.2, 0.25) is 5.02 Å². The zero-order valence-corrected chi connectivity index (χ0v) is 13.6. The zero-order valence-electron chi connectivity index (χ0n) is 12.9. The van der Waals surface area contributed by atoms with Gasteiger partial charge >= 0.3 is 0 Å². The van der Waals surface area contributed by atoms with Crippen molar-refractivity contribution in [3.8, 4) is 0 Å². The van der Waals surface area contributed by atoms with Crippen LogP contribution in [0.15, 0.2) is 24.3 Å². The Balaban J connectivity index is 2.07. The molecule has 0 radical (unpaired) electrons. The first-order chi connectivity index (χ1) is 9.74. The highest BCUT2D eigenvalue weighted by Crippen LogP contribution is 2.38. The smallest absolute Gasteiger partial charge is 0.0409 e. The Kier molecular flexibility index (Phi) is 6.38. The molecule has 1 nitrogen and oxygen atoms in total. The van der Waals surface area contributed by atoms with Crippen LogP contribution in [0.25, 0.3) is 0 Å². The molecule has 2 rings (SSSR count). The molecule has 0 amide bonds. The minimum atomic E-state index is 0.478. The van der Waals surface area contributed by atoms with Gasteiger partial charge in [-0.25, -0.2) is 0 Å². The predicted molar refractivity (Wildman–Crippen MR) is 88.2 cm³/mol. The number of rotatable bonds is 6. The monoisotopic (exact) mass is 293 g/mol. The normalized spacial score (nSPS) is 24.6. The van der Waals surface area contributed by atoms with Crippen LogP contribution >= 0.6 is 11.6 Å². The van der Waals surface area contributed by atoms with Crippen LogP contribution in [-0.2, 0) is 0 Å². The van der Waals surface area contributed by atoms with Gasteiger partial charge in [0.25, 0.3) is 0 Å². The fourth-order valence-electron chi connectivity index (χ4n) is 3.49. The van der Waals surface area contributed by atoms with Crippen LogP contribution in [0.4, 0.5) is 0 Å². The van der Waals surface area contributed by atoms with Crippen LogP contribution < -0.4 is 5.32 Å². The summed E-state index contributed by atoms with van der Waals surface area (Å²) in [6.45, 7) is 5.65. The SMILES string of the molecule is CCCNC(c1cccc(Cl)c1)C1CCC(CC)CC1. The zero-order chi connectivity index (χ0) is 14.4. The summed E-state index contributed by atoms with van der Waals surface area (Å²) in [4.78, 5) is 0. The maximum atomic E-state index is 6.18. The molecule has 0 saturated heterocycles. The quantitative estimate of drug-likeness (QED) is 0.720. The van der Waals surface area contributed by atoms with Crippen LogP contribution in [0, 0.1) is 11.8 Å². The molecule has 1 atom stereocenters. The van der Waals surface area contributed by atoms with Gasteiger partial charge in [0, 0.05) is 11.1 Å². The summed E-state index contributed by atoms with van der Waals surface area (Å²) >= 11 is 6.18. The lowest BCUT2D eigenvalue weighted by atomic mass is 9.76. The molecule has 0 bridgehead atoms. The molecule has 112 valence electrons. The molecule has 0 heterocycles. The predicted octanol–water partition coefficient (Wildman–Crippen LogP) is 5.60. The average Bonchev–Trinajstić information content (AvgIpc) is 2.48. The van der Waals surface area contributed by atoms with E-state index in [-0.39, 0.29) is 0 Å². The number of hydrogen-bond acceptors (Lipinski definition) is 1. The Labute approximate surface area is 129 Å². The third kappa shape index (κ3) is 4.23. The topological polar surface area (TPSA) is 12.0 Å². The van der Waals surface area contributed by atoms with E-state index in [1.165, 1.54) is 44.1 Å². The van der Waals surface area contributed by atoms with Crippen molar-refractivity contribution in [3.05, 3.63) is 34.9 Å². The van der Waals surface area contributed by atoms with Crippen molar-refractivity contribution in [2.45, 2.75) is 58.4 Å². The molecule has 1 aromatic carbocycles. The van der Waals surface area contributed by atoms with E-state index < -0.39 is 0 Å². The van der Waals surface area contributed by atoms with E-state index in [1.54, 1.807) is 0 Å². The number of halogens is 1. The van der Waals surface area contributed by atoms with Crippen molar-refractivity contribution in [1.82, 2.24) is 5.32 Å². The number of hydrogen-bond donors (Lipinski definition) is 1. The van der Waals surface area contributed by atoms with E-state index in [2.05, 4.69) is 37.4 Å². The van der Waals surface area contributed by atoms with Gasteiger partial charge in [-0.15, -0.1) is 0 Å². The number of nitrogens with one attached hydrogen (secondary N) is 1. The molecule has 1 unspecified atom stereocenters. The van der Waals surface area contributed by atoms with E-state index in [0.29, 0.717) is 6.04 Å². The van der Waals surface area contributed by atoms with Crippen molar-refractivity contribution in [2.24, 2.45) is 11.8 Å². The molecule has 0 spiro atoms. The lowest BCUT2D eigenvalue weighted by molar-refractivity contribution is 0.219. The van der Waals surface area contributed by atoms with Gasteiger partial charge < -0.3 is 5.32 Å². The standard InChI is InChI=1S/C18H28ClN/c1-3-12-20-18(16-6-5-7-17(19)13-16)15-10-8-14(4-2)9-11-15/h5-7,13-15,18,20H,3-4,8-12H2,1-2H3. The second kappa shape index (κ2) is 8.05. The molecule has 20 heavy (non-hydrogen) atoms. The van der Waals surface area contributed by atoms with E-state index in [4.69, 9.17) is 11.6 Å². The maximum Gasteiger partial charge on any atom is 0.0409 e. The molecule has 1 aliphatic carbocycles. The third-order valence-electron chi connectivity index (χ3n) is 4.76. The van der Waals surface area contributed by atoms with Crippen molar-refractivity contribution in [3.63, 3.8) is 0 Å². The van der Waals surface area contributed by atoms with E-state index in [1.807, 2.05) is 6.07 Å². The van der Waals surface area contributed by atoms with Crippen LogP contribution in [0.1, 0.15) is 64.0 Å². The van der Waals surface area contributed by atoms with E-state index in [0.717, 1.165) is 23.4 Å². The third-order valence-corrected chi connectivity index (χ3v) is 5.00. The van der Waals surface area contributed by atoms with Crippen LogP contribution in [0.3, 0.4) is 0 Å². The summed E-state index contributed by atoms with van der Waals surface area (Å²) in [5, 5.41) is 4.61. The molecule has 1 aromatic rings. The minimum Gasteiger partial charge on any atom is -0.310 e. The molecule has 1 saturated carbocycles. The average molecular weight is 294 g/mol. The van der Waals surface area contributed by atoms with Crippen molar-refractivity contribution in [2.75, 3.05) is 6.54 Å². The van der Waals surface area contributed by atoms with Gasteiger partial charge in [0.2, 0.25) is 0 Å². The number of benzene rings is 1. The first-order valence-electron chi connectivity index (χ1n) is 8.23. The highest BCUT2D eigenvalue weighted by Gasteiger charge is 2.27. The van der Waals surface area contributed by atoms with Gasteiger partial charge in [0.15, 0.2) is 0 Å². The largest absolute Gasteiger partial charge is 0.310 e. The lowest BCUT2D eigenvalue weighted by Crippen LogP contribution is -2.31. The molecular weight excluding hydrogens is 266 g/mol. The summed E-state index contributed by atoms with van der Waals surface area (Å²) in [7, 11) is 0. The Bertz CT molecular complexity index is 396. The summed E-state index contributed by atoms with van der Waals surface area (Å²) in [6.07, 6.45) is 8.02. The van der Waals surface area contributed by atoms with Crippen molar-refractivity contribution < 1.29 is 0 Å². The van der Waals surface area contributed by atoms with Crippen LogP contribution in [0.5, 0.6) is 0 Å². The Morgan fingerprint density at radius 3 is 2.55 bits per heavy atom. The van der Waals surface area contributed by atoms with Gasteiger partial charge in [-0.05, 0) is 55.3 Å². The second-order valence-corrected chi connectivity index (χ2v) is 6.61.